The first kappa shape index (κ1) is 21.0. The normalized spacial score (nSPS) is 19.8. The fraction of sp³-hybridized carbons (Fsp3) is 0.304. The van der Waals surface area contributed by atoms with Crippen LogP contribution in [0.2, 0.25) is 0 Å². The number of carbonyl (C=O) groups excluding carboxylic acids is 1. The standard InChI is InChI=1S/C23H20F3N3O2/c1-14-27-12-22(20(10-24)29-14)31-13-23(15-3-2-4-16(25)7-15)9-19(23)21(30)8-18-6-5-17(26)11-28-18/h2-7,11-12,19H,8-10,13H2,1H3/t19-,23+/m0/s1. The third-order valence-corrected chi connectivity index (χ3v) is 5.57. The van der Waals surface area contributed by atoms with Crippen molar-refractivity contribution in [3.8, 4) is 5.75 Å². The van der Waals surface area contributed by atoms with E-state index < -0.39 is 29.6 Å². The summed E-state index contributed by atoms with van der Waals surface area (Å²) in [5.41, 5.74) is 0.463. The molecule has 1 saturated carbocycles. The van der Waals surface area contributed by atoms with Crippen LogP contribution in [0.1, 0.15) is 29.2 Å². The molecular weight excluding hydrogens is 407 g/mol. The van der Waals surface area contributed by atoms with Crippen molar-refractivity contribution in [2.75, 3.05) is 6.61 Å². The number of nitrogens with zero attached hydrogens (tertiary/aromatic N) is 3. The van der Waals surface area contributed by atoms with Crippen LogP contribution in [0.5, 0.6) is 5.75 Å². The smallest absolute Gasteiger partial charge is 0.161 e. The number of aromatic nitrogens is 3. The molecule has 1 aromatic carbocycles. The van der Waals surface area contributed by atoms with Gasteiger partial charge in [-0.15, -0.1) is 0 Å². The minimum Gasteiger partial charge on any atom is -0.489 e. The van der Waals surface area contributed by atoms with E-state index in [2.05, 4.69) is 15.0 Å². The van der Waals surface area contributed by atoms with Crippen LogP contribution >= 0.6 is 0 Å². The monoisotopic (exact) mass is 427 g/mol. The van der Waals surface area contributed by atoms with Gasteiger partial charge in [-0.3, -0.25) is 9.78 Å². The summed E-state index contributed by atoms with van der Waals surface area (Å²) >= 11 is 0. The molecule has 160 valence electrons. The van der Waals surface area contributed by atoms with Gasteiger partial charge in [0.25, 0.3) is 0 Å². The summed E-state index contributed by atoms with van der Waals surface area (Å²) in [5, 5.41) is 0. The van der Waals surface area contributed by atoms with Crippen molar-refractivity contribution in [2.24, 2.45) is 5.92 Å². The van der Waals surface area contributed by atoms with Crippen molar-refractivity contribution in [3.05, 3.63) is 83.2 Å². The number of rotatable bonds is 8. The predicted molar refractivity (Wildman–Crippen MR) is 106 cm³/mol. The maximum Gasteiger partial charge on any atom is 0.161 e. The van der Waals surface area contributed by atoms with Crippen LogP contribution in [-0.2, 0) is 23.3 Å². The van der Waals surface area contributed by atoms with Crippen molar-refractivity contribution in [3.63, 3.8) is 0 Å². The van der Waals surface area contributed by atoms with E-state index in [-0.39, 0.29) is 30.3 Å². The first-order chi connectivity index (χ1) is 14.9. The zero-order valence-electron chi connectivity index (χ0n) is 16.8. The average molecular weight is 427 g/mol. The summed E-state index contributed by atoms with van der Waals surface area (Å²) in [4.78, 5) is 25.0. The molecule has 31 heavy (non-hydrogen) atoms. The lowest BCUT2D eigenvalue weighted by Crippen LogP contribution is -2.25. The van der Waals surface area contributed by atoms with Gasteiger partial charge in [0.1, 0.15) is 35.6 Å². The quantitative estimate of drug-likeness (QED) is 0.542. The van der Waals surface area contributed by atoms with Crippen LogP contribution < -0.4 is 4.74 Å². The van der Waals surface area contributed by atoms with Crippen molar-refractivity contribution < 1.29 is 22.7 Å². The highest BCUT2D eigenvalue weighted by Crippen LogP contribution is 2.55. The van der Waals surface area contributed by atoms with Crippen LogP contribution in [0.25, 0.3) is 0 Å². The van der Waals surface area contributed by atoms with Crippen molar-refractivity contribution >= 4 is 5.78 Å². The first-order valence-corrected chi connectivity index (χ1v) is 9.82. The van der Waals surface area contributed by atoms with Crippen LogP contribution in [-0.4, -0.2) is 27.3 Å². The fourth-order valence-corrected chi connectivity index (χ4v) is 3.83. The Morgan fingerprint density at radius 2 is 2.00 bits per heavy atom. The van der Waals surface area contributed by atoms with Gasteiger partial charge in [0.05, 0.1) is 19.0 Å². The molecule has 1 aliphatic carbocycles. The molecule has 3 aromatic rings. The molecule has 4 rings (SSSR count). The molecule has 0 spiro atoms. The highest BCUT2D eigenvalue weighted by atomic mass is 19.1. The maximum atomic E-state index is 13.9. The Morgan fingerprint density at radius 3 is 2.71 bits per heavy atom. The molecular formula is C23H20F3N3O2. The van der Waals surface area contributed by atoms with Gasteiger partial charge in [0.2, 0.25) is 0 Å². The van der Waals surface area contributed by atoms with Crippen LogP contribution in [0.4, 0.5) is 13.2 Å². The van der Waals surface area contributed by atoms with E-state index in [4.69, 9.17) is 4.74 Å². The molecule has 2 heterocycles. The third kappa shape index (κ3) is 4.42. The molecule has 0 radical (unpaired) electrons. The predicted octanol–water partition coefficient (Wildman–Crippen LogP) is 4.08. The number of halogens is 3. The molecule has 2 aromatic heterocycles. The number of pyridine rings is 1. The number of hydrogen-bond donors (Lipinski definition) is 0. The second-order valence-electron chi connectivity index (χ2n) is 7.68. The number of Topliss-reactive ketones (excluding diaryl/α,β-unsaturated/α-hetero) is 1. The third-order valence-electron chi connectivity index (χ3n) is 5.57. The minimum atomic E-state index is -0.815. The Morgan fingerprint density at radius 1 is 1.16 bits per heavy atom. The lowest BCUT2D eigenvalue weighted by atomic mass is 9.91. The highest BCUT2D eigenvalue weighted by molar-refractivity contribution is 5.88. The van der Waals surface area contributed by atoms with E-state index >= 15 is 0 Å². The zero-order chi connectivity index (χ0) is 22.0. The minimum absolute atomic E-state index is 0.0331. The Balaban J connectivity index is 1.57. The Kier molecular flexibility index (Phi) is 5.71. The molecule has 0 N–H and O–H groups in total. The number of benzene rings is 1. The summed E-state index contributed by atoms with van der Waals surface area (Å²) in [6.45, 7) is 0.879. The molecule has 0 unspecified atom stereocenters. The van der Waals surface area contributed by atoms with Gasteiger partial charge in [-0.25, -0.2) is 23.1 Å². The molecule has 1 fully saturated rings. The van der Waals surface area contributed by atoms with Crippen LogP contribution in [0, 0.1) is 24.5 Å². The number of carbonyl (C=O) groups is 1. The van der Waals surface area contributed by atoms with Gasteiger partial charge in [-0.2, -0.15) is 0 Å². The Labute approximate surface area is 177 Å². The zero-order valence-corrected chi connectivity index (χ0v) is 16.8. The number of aryl methyl sites for hydroxylation is 1. The lowest BCUT2D eigenvalue weighted by molar-refractivity contribution is -0.120. The molecule has 0 aliphatic heterocycles. The Hall–Kier alpha value is -3.29. The Bertz CT molecular complexity index is 1110. The van der Waals surface area contributed by atoms with Gasteiger partial charge in [0, 0.05) is 23.4 Å². The summed E-state index contributed by atoms with van der Waals surface area (Å²) in [7, 11) is 0. The van der Waals surface area contributed by atoms with E-state index in [1.807, 2.05) is 0 Å². The first-order valence-electron chi connectivity index (χ1n) is 9.82. The lowest BCUT2D eigenvalue weighted by Gasteiger charge is -2.19. The van der Waals surface area contributed by atoms with E-state index in [0.717, 1.165) is 6.20 Å². The van der Waals surface area contributed by atoms with Crippen molar-refractivity contribution in [1.29, 1.82) is 0 Å². The summed E-state index contributed by atoms with van der Waals surface area (Å²) < 4.78 is 46.2. The van der Waals surface area contributed by atoms with Crippen LogP contribution in [0.15, 0.2) is 48.8 Å². The molecule has 5 nitrogen and oxygen atoms in total. The summed E-state index contributed by atoms with van der Waals surface area (Å²) in [6, 6.07) is 8.75. The van der Waals surface area contributed by atoms with Gasteiger partial charge in [0.15, 0.2) is 5.75 Å². The maximum absolute atomic E-state index is 13.9. The molecule has 0 saturated heterocycles. The van der Waals surface area contributed by atoms with E-state index in [9.17, 15) is 18.0 Å². The molecule has 1 aliphatic rings. The van der Waals surface area contributed by atoms with E-state index in [0.29, 0.717) is 23.5 Å². The summed E-state index contributed by atoms with van der Waals surface area (Å²) in [5.74, 6) is -0.806. The van der Waals surface area contributed by atoms with Gasteiger partial charge in [-0.05, 0) is 43.2 Å². The average Bonchev–Trinajstić information content (AvgIpc) is 3.50. The topological polar surface area (TPSA) is 65.0 Å². The van der Waals surface area contributed by atoms with Gasteiger partial charge < -0.3 is 4.74 Å². The van der Waals surface area contributed by atoms with Gasteiger partial charge >= 0.3 is 0 Å². The van der Waals surface area contributed by atoms with Gasteiger partial charge in [-0.1, -0.05) is 12.1 Å². The van der Waals surface area contributed by atoms with E-state index in [1.165, 1.54) is 30.5 Å². The molecule has 8 heteroatoms. The van der Waals surface area contributed by atoms with Crippen molar-refractivity contribution in [1.82, 2.24) is 15.0 Å². The van der Waals surface area contributed by atoms with Crippen LogP contribution in [0.3, 0.4) is 0 Å². The fourth-order valence-electron chi connectivity index (χ4n) is 3.83. The largest absolute Gasteiger partial charge is 0.489 e. The molecule has 2 atom stereocenters. The SMILES string of the molecule is Cc1ncc(OC[C@@]2(c3cccc(F)c3)C[C@H]2C(=O)Cc2ccc(F)cn2)c(CF)n1. The highest BCUT2D eigenvalue weighted by Gasteiger charge is 2.59. The molecule has 0 amide bonds. The number of ether oxygens (including phenoxy) is 1. The molecule has 0 bridgehead atoms. The second-order valence-corrected chi connectivity index (χ2v) is 7.68. The van der Waals surface area contributed by atoms with Crippen molar-refractivity contribution in [2.45, 2.75) is 31.9 Å². The number of alkyl halides is 1. The second kappa shape index (κ2) is 8.45. The number of hydrogen-bond acceptors (Lipinski definition) is 5. The summed E-state index contributed by atoms with van der Waals surface area (Å²) in [6.07, 6.45) is 2.95. The number of ketones is 1. The van der Waals surface area contributed by atoms with E-state index in [1.54, 1.807) is 19.1 Å².